The molecule has 0 aliphatic heterocycles. The second-order valence-corrected chi connectivity index (χ2v) is 5.02. The Morgan fingerprint density at radius 1 is 1.20 bits per heavy atom. The van der Waals surface area contributed by atoms with Crippen LogP contribution >= 0.6 is 0 Å². The SMILES string of the molecule is Cn1nnnc1C(=NOCc1cccc(C(=O)O)n1)c1ccccc1. The molecule has 3 aromatic rings. The number of hydrogen-bond donors (Lipinski definition) is 1. The Bertz CT molecular complexity index is 907. The van der Waals surface area contributed by atoms with Gasteiger partial charge in [-0.2, -0.15) is 0 Å². The third kappa shape index (κ3) is 3.83. The van der Waals surface area contributed by atoms with Gasteiger partial charge in [-0.25, -0.2) is 14.5 Å². The van der Waals surface area contributed by atoms with Crippen LogP contribution in [0.4, 0.5) is 0 Å². The zero-order valence-electron chi connectivity index (χ0n) is 13.3. The maximum atomic E-state index is 11.0. The largest absolute Gasteiger partial charge is 0.477 e. The number of carboxylic acids is 1. The molecule has 0 spiro atoms. The van der Waals surface area contributed by atoms with Gasteiger partial charge >= 0.3 is 5.97 Å². The van der Waals surface area contributed by atoms with Gasteiger partial charge in [-0.05, 0) is 22.6 Å². The van der Waals surface area contributed by atoms with Crippen LogP contribution < -0.4 is 0 Å². The van der Waals surface area contributed by atoms with Crippen molar-refractivity contribution in [3.63, 3.8) is 0 Å². The number of aryl methyl sites for hydroxylation is 1. The lowest BCUT2D eigenvalue weighted by molar-refractivity contribution is 0.0688. The summed E-state index contributed by atoms with van der Waals surface area (Å²) in [6.07, 6.45) is 0. The van der Waals surface area contributed by atoms with Crippen molar-refractivity contribution in [2.75, 3.05) is 0 Å². The van der Waals surface area contributed by atoms with Crippen LogP contribution in [0.5, 0.6) is 0 Å². The Morgan fingerprint density at radius 3 is 2.68 bits per heavy atom. The van der Waals surface area contributed by atoms with E-state index in [4.69, 9.17) is 9.94 Å². The molecule has 1 N–H and O–H groups in total. The number of pyridine rings is 1. The summed E-state index contributed by atoms with van der Waals surface area (Å²) in [5.74, 6) is -0.654. The highest BCUT2D eigenvalue weighted by Gasteiger charge is 2.15. The van der Waals surface area contributed by atoms with Crippen LogP contribution in [-0.2, 0) is 18.5 Å². The molecule has 0 radical (unpaired) electrons. The lowest BCUT2D eigenvalue weighted by Gasteiger charge is -2.06. The lowest BCUT2D eigenvalue weighted by atomic mass is 10.1. The van der Waals surface area contributed by atoms with Gasteiger partial charge in [0.2, 0.25) is 5.82 Å². The first kappa shape index (κ1) is 16.2. The van der Waals surface area contributed by atoms with Crippen molar-refractivity contribution in [1.82, 2.24) is 25.2 Å². The van der Waals surface area contributed by atoms with E-state index >= 15 is 0 Å². The molecule has 0 amide bonds. The van der Waals surface area contributed by atoms with Gasteiger partial charge in [-0.15, -0.1) is 5.10 Å². The van der Waals surface area contributed by atoms with E-state index in [1.807, 2.05) is 30.3 Å². The number of hydrogen-bond acceptors (Lipinski definition) is 7. The predicted molar refractivity (Wildman–Crippen MR) is 86.9 cm³/mol. The number of rotatable bonds is 6. The number of carboxylic acid groups (broad SMARTS) is 1. The number of oxime groups is 1. The molecule has 0 aliphatic carbocycles. The smallest absolute Gasteiger partial charge is 0.354 e. The van der Waals surface area contributed by atoms with E-state index in [-0.39, 0.29) is 12.3 Å². The van der Waals surface area contributed by atoms with Gasteiger partial charge in [0.1, 0.15) is 5.69 Å². The minimum Gasteiger partial charge on any atom is -0.477 e. The van der Waals surface area contributed by atoms with E-state index in [1.54, 1.807) is 19.2 Å². The first-order valence-corrected chi connectivity index (χ1v) is 7.32. The number of tetrazole rings is 1. The van der Waals surface area contributed by atoms with Crippen molar-refractivity contribution in [1.29, 1.82) is 0 Å². The fraction of sp³-hybridized carbons (Fsp3) is 0.125. The average Bonchev–Trinajstić information content (AvgIpc) is 3.05. The van der Waals surface area contributed by atoms with Crippen molar-refractivity contribution in [2.45, 2.75) is 6.61 Å². The van der Waals surface area contributed by atoms with E-state index in [9.17, 15) is 4.79 Å². The molecule has 1 aromatic carbocycles. The molecule has 0 fully saturated rings. The normalized spacial score (nSPS) is 11.3. The quantitative estimate of drug-likeness (QED) is 0.531. The maximum absolute atomic E-state index is 11.0. The van der Waals surface area contributed by atoms with Gasteiger partial charge < -0.3 is 9.94 Å². The Hall–Kier alpha value is -3.62. The summed E-state index contributed by atoms with van der Waals surface area (Å²) in [5.41, 5.74) is 1.65. The molecule has 25 heavy (non-hydrogen) atoms. The second-order valence-electron chi connectivity index (χ2n) is 5.02. The molecule has 0 atom stereocenters. The van der Waals surface area contributed by atoms with E-state index in [0.29, 0.717) is 17.2 Å². The highest BCUT2D eigenvalue weighted by molar-refractivity contribution is 6.10. The summed E-state index contributed by atoms with van der Waals surface area (Å²) in [7, 11) is 1.70. The molecular weight excluding hydrogens is 324 g/mol. The van der Waals surface area contributed by atoms with E-state index in [2.05, 4.69) is 25.7 Å². The molecule has 0 bridgehead atoms. The van der Waals surface area contributed by atoms with Crippen LogP contribution in [-0.4, -0.2) is 42.0 Å². The van der Waals surface area contributed by atoms with E-state index in [0.717, 1.165) is 5.56 Å². The number of nitrogens with zero attached hydrogens (tertiary/aromatic N) is 6. The van der Waals surface area contributed by atoms with Gasteiger partial charge in [0.15, 0.2) is 12.3 Å². The third-order valence-electron chi connectivity index (χ3n) is 3.27. The summed E-state index contributed by atoms with van der Waals surface area (Å²) < 4.78 is 1.48. The Labute approximate surface area is 142 Å². The minimum absolute atomic E-state index is 0.0166. The Kier molecular flexibility index (Phi) is 4.74. The van der Waals surface area contributed by atoms with Crippen molar-refractivity contribution < 1.29 is 14.7 Å². The fourth-order valence-corrected chi connectivity index (χ4v) is 2.09. The number of aromatic nitrogens is 5. The molecule has 3 rings (SSSR count). The molecule has 0 saturated carbocycles. The molecule has 0 unspecified atom stereocenters. The van der Waals surface area contributed by atoms with Crippen molar-refractivity contribution in [3.8, 4) is 0 Å². The van der Waals surface area contributed by atoms with Gasteiger partial charge in [-0.1, -0.05) is 41.6 Å². The molecule has 126 valence electrons. The first-order valence-electron chi connectivity index (χ1n) is 7.32. The topological polar surface area (TPSA) is 115 Å². The first-order chi connectivity index (χ1) is 12.1. The number of carbonyl (C=O) groups is 1. The maximum Gasteiger partial charge on any atom is 0.354 e. The van der Waals surface area contributed by atoms with Crippen molar-refractivity contribution in [2.24, 2.45) is 12.2 Å². The second kappa shape index (κ2) is 7.30. The van der Waals surface area contributed by atoms with Crippen LogP contribution in [0.1, 0.15) is 27.6 Å². The van der Waals surface area contributed by atoms with Crippen molar-refractivity contribution >= 4 is 11.7 Å². The molecule has 0 aliphatic rings. The fourth-order valence-electron chi connectivity index (χ4n) is 2.09. The van der Waals surface area contributed by atoms with Crippen LogP contribution in [0.2, 0.25) is 0 Å². The number of benzene rings is 1. The third-order valence-corrected chi connectivity index (χ3v) is 3.27. The van der Waals surface area contributed by atoms with Gasteiger partial charge in [0, 0.05) is 12.6 Å². The zero-order valence-corrected chi connectivity index (χ0v) is 13.3. The van der Waals surface area contributed by atoms with Crippen LogP contribution in [0.3, 0.4) is 0 Å². The number of aromatic carboxylic acids is 1. The highest BCUT2D eigenvalue weighted by Crippen LogP contribution is 2.09. The summed E-state index contributed by atoms with van der Waals surface area (Å²) in [6, 6.07) is 14.0. The Morgan fingerprint density at radius 2 is 2.00 bits per heavy atom. The summed E-state index contributed by atoms with van der Waals surface area (Å²) in [5, 5.41) is 24.5. The standard InChI is InChI=1S/C16H14N6O3/c1-22-15(18-20-21-22)14(11-6-3-2-4-7-11)19-25-10-12-8-5-9-13(17-12)16(23)24/h2-9H,10H2,1H3,(H,23,24). The Balaban J connectivity index is 1.84. The van der Waals surface area contributed by atoms with Crippen LogP contribution in [0.15, 0.2) is 53.7 Å². The lowest BCUT2D eigenvalue weighted by Crippen LogP contribution is -2.12. The van der Waals surface area contributed by atoms with Crippen LogP contribution in [0.25, 0.3) is 0 Å². The molecule has 2 aromatic heterocycles. The van der Waals surface area contributed by atoms with Crippen molar-refractivity contribution in [3.05, 3.63) is 71.3 Å². The summed E-state index contributed by atoms with van der Waals surface area (Å²) in [6.45, 7) is 0.0166. The zero-order chi connectivity index (χ0) is 17.6. The molecule has 9 nitrogen and oxygen atoms in total. The molecule has 2 heterocycles. The summed E-state index contributed by atoms with van der Waals surface area (Å²) >= 11 is 0. The van der Waals surface area contributed by atoms with Gasteiger partial charge in [-0.3, -0.25) is 0 Å². The molecular formula is C16H14N6O3. The van der Waals surface area contributed by atoms with Crippen LogP contribution in [0, 0.1) is 0 Å². The molecule has 0 saturated heterocycles. The van der Waals surface area contributed by atoms with E-state index in [1.165, 1.54) is 10.7 Å². The highest BCUT2D eigenvalue weighted by atomic mass is 16.6. The average molecular weight is 338 g/mol. The van der Waals surface area contributed by atoms with E-state index < -0.39 is 5.97 Å². The molecule has 9 heteroatoms. The minimum atomic E-state index is -1.10. The van der Waals surface area contributed by atoms with Gasteiger partial charge in [0.25, 0.3) is 0 Å². The summed E-state index contributed by atoms with van der Waals surface area (Å²) in [4.78, 5) is 20.3. The monoisotopic (exact) mass is 338 g/mol. The predicted octanol–water partition coefficient (Wildman–Crippen LogP) is 1.27. The van der Waals surface area contributed by atoms with Gasteiger partial charge in [0.05, 0.1) is 5.69 Å².